The Morgan fingerprint density at radius 3 is 2.60 bits per heavy atom. The molecule has 1 N–H and O–H groups in total. The van der Waals surface area contributed by atoms with Gasteiger partial charge in [-0.1, -0.05) is 47.5 Å². The number of aliphatic hydroxyl groups excluding tert-OH is 1. The summed E-state index contributed by atoms with van der Waals surface area (Å²) in [6.07, 6.45) is 2.02. The van der Waals surface area contributed by atoms with Crippen molar-refractivity contribution in [2.45, 2.75) is 13.2 Å². The highest BCUT2D eigenvalue weighted by Gasteiger charge is 2.07. The molecule has 0 bridgehead atoms. The van der Waals surface area contributed by atoms with Crippen LogP contribution in [0.1, 0.15) is 11.1 Å². The van der Waals surface area contributed by atoms with Crippen molar-refractivity contribution >= 4 is 34.1 Å². The summed E-state index contributed by atoms with van der Waals surface area (Å²) in [4.78, 5) is 0. The highest BCUT2D eigenvalue weighted by Crippen LogP contribution is 2.25. The van der Waals surface area contributed by atoms with Crippen molar-refractivity contribution in [1.82, 2.24) is 4.57 Å². The molecule has 0 saturated heterocycles. The van der Waals surface area contributed by atoms with Gasteiger partial charge in [-0.15, -0.1) is 0 Å². The largest absolute Gasteiger partial charge is 0.392 e. The molecule has 3 rings (SSSR count). The summed E-state index contributed by atoms with van der Waals surface area (Å²) >= 11 is 12.0. The van der Waals surface area contributed by atoms with Gasteiger partial charge in [-0.3, -0.25) is 0 Å². The predicted molar refractivity (Wildman–Crippen MR) is 83.4 cm³/mol. The summed E-state index contributed by atoms with van der Waals surface area (Å²) in [6.45, 7) is 0.722. The number of hydrogen-bond donors (Lipinski definition) is 1. The molecule has 0 saturated carbocycles. The van der Waals surface area contributed by atoms with Crippen LogP contribution in [0.15, 0.2) is 48.7 Å². The van der Waals surface area contributed by atoms with E-state index >= 15 is 0 Å². The topological polar surface area (TPSA) is 25.2 Å². The van der Waals surface area contributed by atoms with Crippen LogP contribution in [0.25, 0.3) is 10.9 Å². The molecule has 0 amide bonds. The Morgan fingerprint density at radius 2 is 1.85 bits per heavy atom. The first kappa shape index (κ1) is 13.5. The van der Waals surface area contributed by atoms with Crippen LogP contribution < -0.4 is 0 Å². The number of halogens is 2. The molecule has 20 heavy (non-hydrogen) atoms. The summed E-state index contributed by atoms with van der Waals surface area (Å²) in [5.74, 6) is 0. The molecule has 0 spiro atoms. The first-order valence-corrected chi connectivity index (χ1v) is 7.06. The lowest BCUT2D eigenvalue weighted by molar-refractivity contribution is 0.283. The lowest BCUT2D eigenvalue weighted by Gasteiger charge is -2.09. The van der Waals surface area contributed by atoms with Crippen molar-refractivity contribution in [1.29, 1.82) is 0 Å². The molecule has 102 valence electrons. The van der Waals surface area contributed by atoms with E-state index in [2.05, 4.69) is 4.57 Å². The Kier molecular flexibility index (Phi) is 3.70. The van der Waals surface area contributed by atoms with E-state index in [4.69, 9.17) is 23.2 Å². The van der Waals surface area contributed by atoms with Gasteiger partial charge in [0.1, 0.15) is 0 Å². The fourth-order valence-corrected chi connectivity index (χ4v) is 2.76. The Hall–Kier alpha value is -1.48. The molecule has 0 aliphatic carbocycles. The second-order valence-electron chi connectivity index (χ2n) is 4.71. The molecular formula is C16H13Cl2NO. The molecule has 4 heteroatoms. The Labute approximate surface area is 127 Å². The Morgan fingerprint density at radius 1 is 1.00 bits per heavy atom. The fraction of sp³-hybridized carbons (Fsp3) is 0.125. The van der Waals surface area contributed by atoms with Crippen LogP contribution in [-0.2, 0) is 13.2 Å². The number of aliphatic hydroxyl groups is 1. The zero-order valence-corrected chi connectivity index (χ0v) is 12.2. The quantitative estimate of drug-likeness (QED) is 0.758. The predicted octanol–water partition coefficient (Wildman–Crippen LogP) is 4.49. The van der Waals surface area contributed by atoms with Gasteiger partial charge in [0.05, 0.1) is 22.2 Å². The van der Waals surface area contributed by atoms with E-state index in [-0.39, 0.29) is 6.61 Å². The molecule has 1 aromatic heterocycles. The third kappa shape index (κ3) is 2.42. The lowest BCUT2D eigenvalue weighted by Crippen LogP contribution is -2.00. The number of fused-ring (bicyclic) bond motifs is 1. The van der Waals surface area contributed by atoms with Gasteiger partial charge >= 0.3 is 0 Å². The fourth-order valence-electron chi connectivity index (χ4n) is 2.43. The van der Waals surface area contributed by atoms with Crippen molar-refractivity contribution in [2.75, 3.05) is 0 Å². The van der Waals surface area contributed by atoms with E-state index in [9.17, 15) is 5.11 Å². The molecule has 3 aromatic rings. The molecule has 2 aromatic carbocycles. The normalized spacial score (nSPS) is 11.2. The third-order valence-corrected chi connectivity index (χ3v) is 4.12. The molecule has 0 atom stereocenters. The number of nitrogens with zero attached hydrogens (tertiary/aromatic N) is 1. The summed E-state index contributed by atoms with van der Waals surface area (Å²) in [5, 5.41) is 11.7. The first-order valence-electron chi connectivity index (χ1n) is 6.30. The van der Waals surface area contributed by atoms with Crippen molar-refractivity contribution in [3.63, 3.8) is 0 Å². The summed E-state index contributed by atoms with van der Waals surface area (Å²) in [5.41, 5.74) is 3.05. The number of aromatic nitrogens is 1. The van der Waals surface area contributed by atoms with Crippen LogP contribution in [0, 0.1) is 0 Å². The molecule has 0 fully saturated rings. The molecule has 1 heterocycles. The molecule has 0 aliphatic rings. The number of hydrogen-bond acceptors (Lipinski definition) is 1. The molecule has 0 radical (unpaired) electrons. The van der Waals surface area contributed by atoms with E-state index in [1.165, 1.54) is 0 Å². The Balaban J connectivity index is 2.04. The Bertz CT molecular complexity index is 764. The van der Waals surface area contributed by atoms with Gasteiger partial charge in [-0.25, -0.2) is 0 Å². The van der Waals surface area contributed by atoms with E-state index < -0.39 is 0 Å². The van der Waals surface area contributed by atoms with E-state index in [0.717, 1.165) is 22.0 Å². The van der Waals surface area contributed by atoms with Gasteiger partial charge in [0, 0.05) is 18.3 Å². The molecule has 2 nitrogen and oxygen atoms in total. The standard InChI is InChI=1S/C16H13Cl2NO/c17-14-5-4-11(8-15(14)18)9-19-7-6-12-2-1-3-13(10-20)16(12)19/h1-8,20H,9-10H2. The zero-order chi connectivity index (χ0) is 14.1. The lowest BCUT2D eigenvalue weighted by atomic mass is 10.1. The average molecular weight is 306 g/mol. The number of para-hydroxylation sites is 1. The smallest absolute Gasteiger partial charge is 0.0702 e. The molecular weight excluding hydrogens is 293 g/mol. The van der Waals surface area contributed by atoms with Gasteiger partial charge in [-0.2, -0.15) is 0 Å². The van der Waals surface area contributed by atoms with Gasteiger partial charge in [0.2, 0.25) is 0 Å². The maximum Gasteiger partial charge on any atom is 0.0702 e. The van der Waals surface area contributed by atoms with Crippen LogP contribution in [0.4, 0.5) is 0 Å². The van der Waals surface area contributed by atoms with Crippen molar-refractivity contribution < 1.29 is 5.11 Å². The minimum absolute atomic E-state index is 0.0305. The van der Waals surface area contributed by atoms with Gasteiger partial charge in [0.25, 0.3) is 0 Å². The highest BCUT2D eigenvalue weighted by molar-refractivity contribution is 6.42. The maximum absolute atomic E-state index is 9.47. The minimum atomic E-state index is 0.0305. The van der Waals surface area contributed by atoms with Crippen LogP contribution in [0.5, 0.6) is 0 Å². The van der Waals surface area contributed by atoms with Gasteiger partial charge in [-0.05, 0) is 29.1 Å². The number of rotatable bonds is 3. The third-order valence-electron chi connectivity index (χ3n) is 3.38. The SMILES string of the molecule is OCc1cccc2ccn(Cc3ccc(Cl)c(Cl)c3)c12. The maximum atomic E-state index is 9.47. The average Bonchev–Trinajstić information content (AvgIpc) is 2.86. The summed E-state index contributed by atoms with van der Waals surface area (Å²) in [7, 11) is 0. The molecule has 0 unspecified atom stereocenters. The summed E-state index contributed by atoms with van der Waals surface area (Å²) in [6, 6.07) is 13.6. The second-order valence-corrected chi connectivity index (χ2v) is 5.52. The highest BCUT2D eigenvalue weighted by atomic mass is 35.5. The van der Waals surface area contributed by atoms with Crippen LogP contribution in [0.2, 0.25) is 10.0 Å². The van der Waals surface area contributed by atoms with E-state index in [1.54, 1.807) is 6.07 Å². The number of benzene rings is 2. The van der Waals surface area contributed by atoms with E-state index in [1.807, 2.05) is 42.6 Å². The van der Waals surface area contributed by atoms with Gasteiger partial charge < -0.3 is 9.67 Å². The van der Waals surface area contributed by atoms with Crippen molar-refractivity contribution in [2.24, 2.45) is 0 Å². The van der Waals surface area contributed by atoms with Crippen LogP contribution in [0.3, 0.4) is 0 Å². The zero-order valence-electron chi connectivity index (χ0n) is 10.7. The van der Waals surface area contributed by atoms with Crippen molar-refractivity contribution in [3.8, 4) is 0 Å². The first-order chi connectivity index (χ1) is 9.69. The monoisotopic (exact) mass is 305 g/mol. The molecule has 0 aliphatic heterocycles. The van der Waals surface area contributed by atoms with Crippen molar-refractivity contribution in [3.05, 3.63) is 69.8 Å². The summed E-state index contributed by atoms with van der Waals surface area (Å²) < 4.78 is 2.11. The van der Waals surface area contributed by atoms with Crippen LogP contribution >= 0.6 is 23.2 Å². The minimum Gasteiger partial charge on any atom is -0.392 e. The van der Waals surface area contributed by atoms with E-state index in [0.29, 0.717) is 16.6 Å². The van der Waals surface area contributed by atoms with Crippen LogP contribution in [-0.4, -0.2) is 9.67 Å². The second kappa shape index (κ2) is 5.49. The van der Waals surface area contributed by atoms with Gasteiger partial charge in [0.15, 0.2) is 0 Å².